The van der Waals surface area contributed by atoms with Crippen molar-refractivity contribution < 1.29 is 38.2 Å². The van der Waals surface area contributed by atoms with E-state index in [4.69, 9.17) is 9.47 Å². The van der Waals surface area contributed by atoms with Crippen molar-refractivity contribution in [3.05, 3.63) is 69.8 Å². The van der Waals surface area contributed by atoms with Crippen molar-refractivity contribution in [1.29, 1.82) is 0 Å². The molecule has 0 unspecified atom stereocenters. The number of hydrogen-bond donors (Lipinski definition) is 0. The van der Waals surface area contributed by atoms with E-state index in [1.165, 1.54) is 36.4 Å². The number of ether oxygens (including phenoxy) is 2. The monoisotopic (exact) mass is 450 g/mol. The molecule has 0 aromatic heterocycles. The quantitative estimate of drug-likeness (QED) is 0.482. The lowest BCUT2D eigenvalue weighted by molar-refractivity contribution is 0.0466. The molecule has 168 valence electrons. The fourth-order valence-corrected chi connectivity index (χ4v) is 3.66. The van der Waals surface area contributed by atoms with Crippen molar-refractivity contribution in [2.75, 3.05) is 19.9 Å². The average Bonchev–Trinajstić information content (AvgIpc) is 3.19. The summed E-state index contributed by atoms with van der Waals surface area (Å²) in [5.41, 5.74) is 0.263. The molecule has 0 atom stereocenters. The molecule has 2 aromatic carbocycles. The molecule has 2 aromatic rings. The van der Waals surface area contributed by atoms with Crippen LogP contribution in [-0.2, 0) is 9.47 Å². The van der Waals surface area contributed by atoms with Crippen molar-refractivity contribution >= 4 is 35.6 Å². The zero-order valence-electron chi connectivity index (χ0n) is 17.7. The van der Waals surface area contributed by atoms with Gasteiger partial charge in [-0.2, -0.15) is 0 Å². The Labute approximate surface area is 187 Å². The average molecular weight is 450 g/mol. The normalized spacial score (nSPS) is 14.5. The summed E-state index contributed by atoms with van der Waals surface area (Å²) >= 11 is 0. The van der Waals surface area contributed by atoms with Gasteiger partial charge in [0.15, 0.2) is 0 Å². The summed E-state index contributed by atoms with van der Waals surface area (Å²) in [6.45, 7) is 2.96. The standard InChI is InChI=1S/C23H18N2O8/c1-3-32-22(30)12-5-7-14-16(9-12)20(28)24(18(14)26)11-25-19(27)15-8-6-13(23(31)33-4-2)10-17(15)21(25)29/h5-10H,3-4,11H2,1-2H3. The molecular weight excluding hydrogens is 432 g/mol. The van der Waals surface area contributed by atoms with E-state index in [2.05, 4.69) is 0 Å². The lowest BCUT2D eigenvalue weighted by Gasteiger charge is -2.20. The number of fused-ring (bicyclic) bond motifs is 2. The van der Waals surface area contributed by atoms with E-state index < -0.39 is 42.2 Å². The minimum absolute atomic E-state index is 0.0215. The molecule has 0 fully saturated rings. The van der Waals surface area contributed by atoms with Crippen LogP contribution in [-0.4, -0.2) is 65.2 Å². The van der Waals surface area contributed by atoms with Crippen LogP contribution >= 0.6 is 0 Å². The fourth-order valence-electron chi connectivity index (χ4n) is 3.66. The summed E-state index contributed by atoms with van der Waals surface area (Å²) in [5, 5.41) is 0. The Hall–Kier alpha value is -4.34. The molecule has 33 heavy (non-hydrogen) atoms. The third kappa shape index (κ3) is 3.55. The van der Waals surface area contributed by atoms with E-state index >= 15 is 0 Å². The summed E-state index contributed by atoms with van der Waals surface area (Å²) < 4.78 is 9.82. The van der Waals surface area contributed by atoms with Gasteiger partial charge in [0.2, 0.25) is 0 Å². The number of rotatable bonds is 6. The first-order valence-electron chi connectivity index (χ1n) is 10.1. The summed E-state index contributed by atoms with van der Waals surface area (Å²) in [7, 11) is 0. The van der Waals surface area contributed by atoms with Crippen molar-refractivity contribution in [1.82, 2.24) is 9.80 Å². The summed E-state index contributed by atoms with van der Waals surface area (Å²) in [5.74, 6) is -4.17. The third-order valence-corrected chi connectivity index (χ3v) is 5.25. The fraction of sp³-hybridized carbons (Fsp3) is 0.217. The number of imide groups is 2. The molecular formula is C23H18N2O8. The summed E-state index contributed by atoms with van der Waals surface area (Å²) in [4.78, 5) is 76.7. The van der Waals surface area contributed by atoms with Gasteiger partial charge in [-0.05, 0) is 50.2 Å². The molecule has 2 aliphatic heterocycles. The first kappa shape index (κ1) is 21.9. The van der Waals surface area contributed by atoms with Gasteiger partial charge < -0.3 is 9.47 Å². The van der Waals surface area contributed by atoms with E-state index in [9.17, 15) is 28.8 Å². The van der Waals surface area contributed by atoms with Crippen LogP contribution in [0.15, 0.2) is 36.4 Å². The topological polar surface area (TPSA) is 127 Å². The van der Waals surface area contributed by atoms with E-state index in [0.29, 0.717) is 0 Å². The van der Waals surface area contributed by atoms with Crippen LogP contribution in [0.1, 0.15) is 76.0 Å². The zero-order chi connectivity index (χ0) is 23.9. The second kappa shape index (κ2) is 8.30. The van der Waals surface area contributed by atoms with Crippen molar-refractivity contribution in [2.24, 2.45) is 0 Å². The van der Waals surface area contributed by atoms with Crippen molar-refractivity contribution in [2.45, 2.75) is 13.8 Å². The maximum atomic E-state index is 12.9. The van der Waals surface area contributed by atoms with E-state index in [0.717, 1.165) is 9.80 Å². The van der Waals surface area contributed by atoms with Crippen LogP contribution in [0, 0.1) is 0 Å². The van der Waals surface area contributed by atoms with Crippen LogP contribution in [0.5, 0.6) is 0 Å². The predicted octanol–water partition coefficient (Wildman–Crippen LogP) is 1.89. The van der Waals surface area contributed by atoms with Gasteiger partial charge in [-0.3, -0.25) is 29.0 Å². The van der Waals surface area contributed by atoms with Gasteiger partial charge in [-0.25, -0.2) is 9.59 Å². The second-order valence-electron chi connectivity index (χ2n) is 7.18. The molecule has 4 rings (SSSR count). The molecule has 0 N–H and O–H groups in total. The highest BCUT2D eigenvalue weighted by atomic mass is 16.5. The van der Waals surface area contributed by atoms with Crippen LogP contribution in [0.2, 0.25) is 0 Å². The molecule has 0 spiro atoms. The number of benzene rings is 2. The molecule has 4 amide bonds. The highest BCUT2D eigenvalue weighted by Gasteiger charge is 2.42. The van der Waals surface area contributed by atoms with Gasteiger partial charge >= 0.3 is 11.9 Å². The maximum absolute atomic E-state index is 12.9. The number of esters is 2. The first-order chi connectivity index (χ1) is 15.8. The molecule has 0 saturated heterocycles. The molecule has 0 bridgehead atoms. The maximum Gasteiger partial charge on any atom is 0.338 e. The molecule has 2 aliphatic rings. The third-order valence-electron chi connectivity index (χ3n) is 5.25. The Balaban J connectivity index is 1.58. The molecule has 0 aliphatic carbocycles. The molecule has 0 saturated carbocycles. The van der Waals surface area contributed by atoms with Gasteiger partial charge in [0.1, 0.15) is 6.67 Å². The van der Waals surface area contributed by atoms with Crippen LogP contribution in [0.4, 0.5) is 0 Å². The molecule has 10 nitrogen and oxygen atoms in total. The van der Waals surface area contributed by atoms with E-state index in [-0.39, 0.29) is 46.6 Å². The predicted molar refractivity (Wildman–Crippen MR) is 111 cm³/mol. The first-order valence-corrected chi connectivity index (χ1v) is 10.1. The van der Waals surface area contributed by atoms with Crippen LogP contribution < -0.4 is 0 Å². The number of nitrogens with zero attached hydrogens (tertiary/aromatic N) is 2. The van der Waals surface area contributed by atoms with Gasteiger partial charge in [0, 0.05) is 0 Å². The molecule has 10 heteroatoms. The van der Waals surface area contributed by atoms with E-state index in [1.54, 1.807) is 13.8 Å². The highest BCUT2D eigenvalue weighted by molar-refractivity contribution is 6.24. The van der Waals surface area contributed by atoms with E-state index in [1.807, 2.05) is 0 Å². The molecule has 0 radical (unpaired) electrons. The Morgan fingerprint density at radius 1 is 0.636 bits per heavy atom. The SMILES string of the molecule is CCOC(=O)c1ccc2c(c1)C(=O)N(CN1C(=O)c3ccc(C(=O)OCC)cc3C1=O)C2=O. The Kier molecular flexibility index (Phi) is 5.50. The van der Waals surface area contributed by atoms with Crippen molar-refractivity contribution in [3.63, 3.8) is 0 Å². The van der Waals surface area contributed by atoms with Crippen LogP contribution in [0.3, 0.4) is 0 Å². The van der Waals surface area contributed by atoms with Gasteiger partial charge in [-0.1, -0.05) is 0 Å². The van der Waals surface area contributed by atoms with Crippen molar-refractivity contribution in [3.8, 4) is 0 Å². The Morgan fingerprint density at radius 2 is 1.00 bits per heavy atom. The smallest absolute Gasteiger partial charge is 0.338 e. The number of amides is 4. The number of carbonyl (C=O) groups excluding carboxylic acids is 6. The Morgan fingerprint density at radius 3 is 1.36 bits per heavy atom. The Bertz CT molecular complexity index is 1150. The largest absolute Gasteiger partial charge is 0.462 e. The highest BCUT2D eigenvalue weighted by Crippen LogP contribution is 2.28. The van der Waals surface area contributed by atoms with Gasteiger partial charge in [0.05, 0.1) is 46.6 Å². The minimum Gasteiger partial charge on any atom is -0.462 e. The molecule has 2 heterocycles. The number of hydrogen-bond acceptors (Lipinski definition) is 8. The zero-order valence-corrected chi connectivity index (χ0v) is 17.7. The summed E-state index contributed by atoms with van der Waals surface area (Å²) in [6.07, 6.45) is 0. The summed E-state index contributed by atoms with van der Waals surface area (Å²) in [6, 6.07) is 7.89. The van der Waals surface area contributed by atoms with Crippen LogP contribution in [0.25, 0.3) is 0 Å². The number of carbonyl (C=O) groups is 6. The van der Waals surface area contributed by atoms with Gasteiger partial charge in [0.25, 0.3) is 23.6 Å². The lowest BCUT2D eigenvalue weighted by atomic mass is 10.1. The van der Waals surface area contributed by atoms with Gasteiger partial charge in [-0.15, -0.1) is 0 Å². The second-order valence-corrected chi connectivity index (χ2v) is 7.18. The minimum atomic E-state index is -0.745. The lowest BCUT2D eigenvalue weighted by Crippen LogP contribution is -2.43.